The van der Waals surface area contributed by atoms with Crippen molar-refractivity contribution < 1.29 is 4.79 Å². The second-order valence-electron chi connectivity index (χ2n) is 6.17. The first-order chi connectivity index (χ1) is 8.81. The normalized spacial score (nSPS) is 33.3. The third-order valence-corrected chi connectivity index (χ3v) is 5.12. The van der Waals surface area contributed by atoms with E-state index in [2.05, 4.69) is 11.8 Å². The van der Waals surface area contributed by atoms with E-state index in [4.69, 9.17) is 0 Å². The third kappa shape index (κ3) is 2.05. The van der Waals surface area contributed by atoms with Crippen molar-refractivity contribution in [3.8, 4) is 0 Å². The number of likely N-dealkylation sites (tertiary alicyclic amines) is 1. The van der Waals surface area contributed by atoms with E-state index in [9.17, 15) is 4.79 Å². The maximum Gasteiger partial charge on any atom is 0.158 e. The van der Waals surface area contributed by atoms with Crippen molar-refractivity contribution in [1.82, 2.24) is 4.90 Å². The van der Waals surface area contributed by atoms with Crippen molar-refractivity contribution in [2.45, 2.75) is 64.3 Å². The molecule has 0 N–H and O–H groups in total. The lowest BCUT2D eigenvalue weighted by Gasteiger charge is -2.46. The Morgan fingerprint density at radius 2 is 2.06 bits per heavy atom. The van der Waals surface area contributed by atoms with Crippen LogP contribution in [0.25, 0.3) is 0 Å². The highest BCUT2D eigenvalue weighted by atomic mass is 16.1. The number of fused-ring (bicyclic) bond motifs is 2. The van der Waals surface area contributed by atoms with Gasteiger partial charge in [-0.1, -0.05) is 12.5 Å². The molecule has 2 atom stereocenters. The highest BCUT2D eigenvalue weighted by Crippen LogP contribution is 2.43. The Kier molecular flexibility index (Phi) is 3.56. The molecule has 0 aromatic rings. The Bertz CT molecular complexity index is 369. The van der Waals surface area contributed by atoms with E-state index >= 15 is 0 Å². The molecular formula is C16H25NO. The van der Waals surface area contributed by atoms with Crippen LogP contribution in [-0.4, -0.2) is 29.8 Å². The predicted octanol–water partition coefficient (Wildman–Crippen LogP) is 3.32. The quantitative estimate of drug-likeness (QED) is 0.746. The smallest absolute Gasteiger partial charge is 0.158 e. The zero-order chi connectivity index (χ0) is 12.5. The summed E-state index contributed by atoms with van der Waals surface area (Å²) in [6.45, 7) is 4.81. The molecule has 2 aliphatic carbocycles. The molecule has 1 saturated heterocycles. The van der Waals surface area contributed by atoms with Crippen molar-refractivity contribution in [2.24, 2.45) is 5.92 Å². The van der Waals surface area contributed by atoms with Crippen molar-refractivity contribution in [3.05, 3.63) is 11.1 Å². The Balaban J connectivity index is 1.85. The van der Waals surface area contributed by atoms with Gasteiger partial charge in [-0.05, 0) is 69.5 Å². The molecule has 0 aromatic heterocycles. The largest absolute Gasteiger partial charge is 0.300 e. The first kappa shape index (κ1) is 12.4. The first-order valence-electron chi connectivity index (χ1n) is 7.80. The lowest BCUT2D eigenvalue weighted by molar-refractivity contribution is -0.116. The number of rotatable bonds is 2. The van der Waals surface area contributed by atoms with Crippen molar-refractivity contribution >= 4 is 5.78 Å². The van der Waals surface area contributed by atoms with Gasteiger partial charge in [0.1, 0.15) is 0 Å². The third-order valence-electron chi connectivity index (χ3n) is 5.12. The van der Waals surface area contributed by atoms with Crippen LogP contribution in [0.2, 0.25) is 0 Å². The SMILES string of the molecule is CCCN1CCC[C@@H]2C3=C(CC[C@H]21)C(=O)CCC3. The maximum absolute atomic E-state index is 12.0. The molecule has 1 fully saturated rings. The van der Waals surface area contributed by atoms with E-state index in [1.54, 1.807) is 5.57 Å². The number of allylic oxidation sites excluding steroid dienone is 1. The molecule has 2 nitrogen and oxygen atoms in total. The fraction of sp³-hybridized carbons (Fsp3) is 0.812. The van der Waals surface area contributed by atoms with Gasteiger partial charge in [0.2, 0.25) is 0 Å². The van der Waals surface area contributed by atoms with Gasteiger partial charge in [0, 0.05) is 12.5 Å². The minimum absolute atomic E-state index is 0.474. The van der Waals surface area contributed by atoms with Crippen molar-refractivity contribution in [3.63, 3.8) is 0 Å². The van der Waals surface area contributed by atoms with Crippen LogP contribution in [0.1, 0.15) is 58.3 Å². The molecule has 2 heteroatoms. The topological polar surface area (TPSA) is 20.3 Å². The van der Waals surface area contributed by atoms with Crippen LogP contribution in [0.15, 0.2) is 11.1 Å². The molecule has 100 valence electrons. The molecule has 0 bridgehead atoms. The molecular weight excluding hydrogens is 222 g/mol. The minimum atomic E-state index is 0.474. The number of ketones is 1. The molecule has 3 rings (SSSR count). The van der Waals surface area contributed by atoms with Crippen LogP contribution in [0, 0.1) is 5.92 Å². The zero-order valence-corrected chi connectivity index (χ0v) is 11.6. The summed E-state index contributed by atoms with van der Waals surface area (Å²) in [5, 5.41) is 0. The summed E-state index contributed by atoms with van der Waals surface area (Å²) < 4.78 is 0. The van der Waals surface area contributed by atoms with Gasteiger partial charge in [-0.25, -0.2) is 0 Å². The number of carbonyl (C=O) groups excluding carboxylic acids is 1. The molecule has 0 unspecified atom stereocenters. The standard InChI is InChI=1S/C16H25NO/c1-2-10-17-11-4-6-13-12-5-3-7-16(18)14(12)8-9-15(13)17/h13,15H,2-11H2,1H3/t13-,15-/m1/s1. The lowest BCUT2D eigenvalue weighted by atomic mass is 9.69. The van der Waals surface area contributed by atoms with Crippen LogP contribution in [0.5, 0.6) is 0 Å². The summed E-state index contributed by atoms with van der Waals surface area (Å²) in [7, 11) is 0. The molecule has 0 amide bonds. The first-order valence-corrected chi connectivity index (χ1v) is 7.80. The molecule has 0 radical (unpaired) electrons. The van der Waals surface area contributed by atoms with Gasteiger partial charge in [-0.15, -0.1) is 0 Å². The van der Waals surface area contributed by atoms with Gasteiger partial charge in [0.15, 0.2) is 5.78 Å². The van der Waals surface area contributed by atoms with E-state index in [1.165, 1.54) is 50.8 Å². The predicted molar refractivity (Wildman–Crippen MR) is 73.5 cm³/mol. The molecule has 1 heterocycles. The molecule has 0 aromatic carbocycles. The zero-order valence-electron chi connectivity index (χ0n) is 11.6. The highest BCUT2D eigenvalue weighted by molar-refractivity contribution is 5.97. The van der Waals surface area contributed by atoms with Gasteiger partial charge in [0.25, 0.3) is 0 Å². The number of carbonyl (C=O) groups is 1. The summed E-state index contributed by atoms with van der Waals surface area (Å²) in [5.41, 5.74) is 2.82. The van der Waals surface area contributed by atoms with Gasteiger partial charge in [0.05, 0.1) is 0 Å². The second-order valence-corrected chi connectivity index (χ2v) is 6.17. The van der Waals surface area contributed by atoms with Gasteiger partial charge in [-0.2, -0.15) is 0 Å². The van der Waals surface area contributed by atoms with E-state index < -0.39 is 0 Å². The average molecular weight is 247 g/mol. The molecule has 1 aliphatic heterocycles. The number of hydrogen-bond acceptors (Lipinski definition) is 2. The minimum Gasteiger partial charge on any atom is -0.300 e. The monoisotopic (exact) mass is 247 g/mol. The molecule has 18 heavy (non-hydrogen) atoms. The summed E-state index contributed by atoms with van der Waals surface area (Å²) in [6.07, 6.45) is 9.34. The fourth-order valence-electron chi connectivity index (χ4n) is 4.40. The number of Topliss-reactive ketones (excluding diaryl/α,β-unsaturated/α-hetero) is 1. The van der Waals surface area contributed by atoms with Gasteiger partial charge in [-0.3, -0.25) is 9.69 Å². The number of nitrogens with zero attached hydrogens (tertiary/aromatic N) is 1. The van der Waals surface area contributed by atoms with Crippen LogP contribution in [0.4, 0.5) is 0 Å². The van der Waals surface area contributed by atoms with E-state index in [1.807, 2.05) is 0 Å². The summed E-state index contributed by atoms with van der Waals surface area (Å²) in [4.78, 5) is 14.7. The average Bonchev–Trinajstić information content (AvgIpc) is 2.40. The van der Waals surface area contributed by atoms with E-state index in [0.29, 0.717) is 5.78 Å². The van der Waals surface area contributed by atoms with Crippen LogP contribution < -0.4 is 0 Å². The van der Waals surface area contributed by atoms with Crippen LogP contribution >= 0.6 is 0 Å². The fourth-order valence-corrected chi connectivity index (χ4v) is 4.40. The Morgan fingerprint density at radius 1 is 1.17 bits per heavy atom. The lowest BCUT2D eigenvalue weighted by Crippen LogP contribution is -2.48. The summed E-state index contributed by atoms with van der Waals surface area (Å²) in [5.74, 6) is 1.20. The molecule has 0 saturated carbocycles. The van der Waals surface area contributed by atoms with Gasteiger partial charge >= 0.3 is 0 Å². The van der Waals surface area contributed by atoms with Crippen molar-refractivity contribution in [1.29, 1.82) is 0 Å². The highest BCUT2D eigenvalue weighted by Gasteiger charge is 2.39. The maximum atomic E-state index is 12.0. The molecule has 0 spiro atoms. The summed E-state index contributed by atoms with van der Waals surface area (Å²) in [6, 6.07) is 0.753. The number of piperidine rings is 1. The molecule has 3 aliphatic rings. The van der Waals surface area contributed by atoms with Gasteiger partial charge < -0.3 is 0 Å². The Hall–Kier alpha value is -0.630. The second kappa shape index (κ2) is 5.16. The summed E-state index contributed by atoms with van der Waals surface area (Å²) >= 11 is 0. The Labute approximate surface area is 110 Å². The van der Waals surface area contributed by atoms with Crippen LogP contribution in [-0.2, 0) is 4.79 Å². The van der Waals surface area contributed by atoms with Crippen molar-refractivity contribution in [2.75, 3.05) is 13.1 Å². The number of hydrogen-bond donors (Lipinski definition) is 0. The van der Waals surface area contributed by atoms with E-state index in [0.717, 1.165) is 31.2 Å². The van der Waals surface area contributed by atoms with E-state index in [-0.39, 0.29) is 0 Å². The van der Waals surface area contributed by atoms with Crippen LogP contribution in [0.3, 0.4) is 0 Å². The Morgan fingerprint density at radius 3 is 2.89 bits per heavy atom.